The minimum absolute atomic E-state index is 0.0574. The van der Waals surface area contributed by atoms with Crippen LogP contribution in [0.4, 0.5) is 0 Å². The van der Waals surface area contributed by atoms with Gasteiger partial charge in [-0.3, -0.25) is 0 Å². The van der Waals surface area contributed by atoms with Crippen molar-refractivity contribution in [1.29, 1.82) is 0 Å². The normalized spacial score (nSPS) is 10.2. The Hall–Kier alpha value is -1.94. The van der Waals surface area contributed by atoms with E-state index in [0.717, 1.165) is 11.3 Å². The van der Waals surface area contributed by atoms with E-state index in [-0.39, 0.29) is 6.61 Å². The van der Waals surface area contributed by atoms with Crippen molar-refractivity contribution in [1.82, 2.24) is 9.97 Å². The summed E-state index contributed by atoms with van der Waals surface area (Å²) in [6.45, 7) is -0.0574. The number of hydrogen-bond acceptors (Lipinski definition) is 4. The summed E-state index contributed by atoms with van der Waals surface area (Å²) in [5.74, 6) is 1.54. The molecule has 2 aromatic rings. The van der Waals surface area contributed by atoms with Gasteiger partial charge in [0.2, 0.25) is 0 Å². The highest BCUT2D eigenvalue weighted by molar-refractivity contribution is 5.28. The molecule has 0 radical (unpaired) electrons. The molecule has 0 amide bonds. The fourth-order valence-electron chi connectivity index (χ4n) is 1.54. The van der Waals surface area contributed by atoms with Crippen molar-refractivity contribution < 1.29 is 9.84 Å². The summed E-state index contributed by atoms with van der Waals surface area (Å²) in [5.41, 5.74) is 1.75. The van der Waals surface area contributed by atoms with Crippen LogP contribution in [-0.4, -0.2) is 22.2 Å². The van der Waals surface area contributed by atoms with E-state index in [2.05, 4.69) is 9.97 Å². The zero-order valence-corrected chi connectivity index (χ0v) is 9.63. The van der Waals surface area contributed by atoms with Gasteiger partial charge < -0.3 is 9.84 Å². The Morgan fingerprint density at radius 1 is 1.18 bits per heavy atom. The second-order valence-electron chi connectivity index (χ2n) is 3.65. The van der Waals surface area contributed by atoms with E-state index in [1.165, 1.54) is 0 Å². The zero-order chi connectivity index (χ0) is 12.1. The monoisotopic (exact) mass is 230 g/mol. The van der Waals surface area contributed by atoms with Crippen molar-refractivity contribution in [3.8, 4) is 5.75 Å². The molecule has 4 heteroatoms. The Bertz CT molecular complexity index is 483. The van der Waals surface area contributed by atoms with E-state index in [1.807, 2.05) is 24.3 Å². The van der Waals surface area contributed by atoms with Crippen LogP contribution in [0.5, 0.6) is 5.75 Å². The van der Waals surface area contributed by atoms with Gasteiger partial charge in [-0.15, -0.1) is 0 Å². The Kier molecular flexibility index (Phi) is 3.67. The van der Waals surface area contributed by atoms with Gasteiger partial charge >= 0.3 is 0 Å². The molecule has 4 nitrogen and oxygen atoms in total. The van der Waals surface area contributed by atoms with Gasteiger partial charge in [-0.25, -0.2) is 9.97 Å². The van der Waals surface area contributed by atoms with E-state index in [0.29, 0.717) is 17.9 Å². The maximum absolute atomic E-state index is 8.99. The van der Waals surface area contributed by atoms with Crippen LogP contribution in [0.1, 0.15) is 17.1 Å². The van der Waals surface area contributed by atoms with E-state index in [9.17, 15) is 0 Å². The molecule has 0 unspecified atom stereocenters. The molecule has 88 valence electrons. The lowest BCUT2D eigenvalue weighted by molar-refractivity contribution is 0.276. The Labute approximate surface area is 99.9 Å². The number of nitrogens with zero attached hydrogens (tertiary/aromatic N) is 2. The highest BCUT2D eigenvalue weighted by atomic mass is 16.5. The minimum Gasteiger partial charge on any atom is -0.497 e. The van der Waals surface area contributed by atoms with E-state index in [4.69, 9.17) is 9.84 Å². The molecular weight excluding hydrogens is 216 g/mol. The average molecular weight is 230 g/mol. The van der Waals surface area contributed by atoms with Crippen LogP contribution in [0, 0.1) is 0 Å². The maximum Gasteiger partial charge on any atom is 0.132 e. The molecule has 1 aromatic heterocycles. The fourth-order valence-corrected chi connectivity index (χ4v) is 1.54. The van der Waals surface area contributed by atoms with Crippen LogP contribution in [0.25, 0.3) is 0 Å². The van der Waals surface area contributed by atoms with Crippen LogP contribution >= 0.6 is 0 Å². The molecule has 0 aliphatic heterocycles. The van der Waals surface area contributed by atoms with Gasteiger partial charge in [0.25, 0.3) is 0 Å². The molecule has 17 heavy (non-hydrogen) atoms. The number of aromatic nitrogens is 2. The van der Waals surface area contributed by atoms with Crippen molar-refractivity contribution in [2.45, 2.75) is 13.0 Å². The SMILES string of the molecule is COc1ccc(Cc2nccc(CO)n2)cc1. The topological polar surface area (TPSA) is 55.2 Å². The quantitative estimate of drug-likeness (QED) is 0.866. The molecule has 1 aromatic carbocycles. The van der Waals surface area contributed by atoms with E-state index in [1.54, 1.807) is 19.4 Å². The van der Waals surface area contributed by atoms with Gasteiger partial charge in [-0.2, -0.15) is 0 Å². The van der Waals surface area contributed by atoms with Crippen molar-refractivity contribution in [2.75, 3.05) is 7.11 Å². The standard InChI is InChI=1S/C13H14N2O2/c1-17-12-4-2-10(3-5-12)8-13-14-7-6-11(9-16)15-13/h2-7,16H,8-9H2,1H3. The first kappa shape index (κ1) is 11.5. The fraction of sp³-hybridized carbons (Fsp3) is 0.231. The summed E-state index contributed by atoms with van der Waals surface area (Å²) < 4.78 is 5.09. The van der Waals surface area contributed by atoms with Crippen molar-refractivity contribution in [2.24, 2.45) is 0 Å². The van der Waals surface area contributed by atoms with Crippen LogP contribution in [0.15, 0.2) is 36.5 Å². The average Bonchev–Trinajstić information content (AvgIpc) is 2.40. The van der Waals surface area contributed by atoms with Crippen molar-refractivity contribution >= 4 is 0 Å². The number of rotatable bonds is 4. The van der Waals surface area contributed by atoms with Crippen molar-refractivity contribution in [3.05, 3.63) is 53.6 Å². The number of hydrogen-bond donors (Lipinski definition) is 1. The first-order valence-corrected chi connectivity index (χ1v) is 5.36. The number of benzene rings is 1. The Morgan fingerprint density at radius 3 is 2.59 bits per heavy atom. The summed E-state index contributed by atoms with van der Waals surface area (Å²) in [5, 5.41) is 8.99. The molecule has 0 saturated heterocycles. The lowest BCUT2D eigenvalue weighted by atomic mass is 10.1. The first-order chi connectivity index (χ1) is 8.31. The highest BCUT2D eigenvalue weighted by Crippen LogP contribution is 2.13. The Morgan fingerprint density at radius 2 is 1.94 bits per heavy atom. The van der Waals surface area contributed by atoms with Crippen molar-refractivity contribution in [3.63, 3.8) is 0 Å². The third-order valence-electron chi connectivity index (χ3n) is 2.45. The van der Waals surface area contributed by atoms with E-state index >= 15 is 0 Å². The van der Waals surface area contributed by atoms with Gasteiger partial charge in [0.05, 0.1) is 19.4 Å². The number of aliphatic hydroxyl groups excluding tert-OH is 1. The number of ether oxygens (including phenoxy) is 1. The second kappa shape index (κ2) is 5.41. The van der Waals surface area contributed by atoms with Crippen LogP contribution in [0.3, 0.4) is 0 Å². The smallest absolute Gasteiger partial charge is 0.132 e. The van der Waals surface area contributed by atoms with Gasteiger partial charge in [0.15, 0.2) is 0 Å². The molecule has 2 rings (SSSR count). The lowest BCUT2D eigenvalue weighted by Gasteiger charge is -2.03. The molecule has 0 aliphatic carbocycles. The highest BCUT2D eigenvalue weighted by Gasteiger charge is 2.01. The molecular formula is C13H14N2O2. The zero-order valence-electron chi connectivity index (χ0n) is 9.63. The summed E-state index contributed by atoms with van der Waals surface area (Å²) >= 11 is 0. The van der Waals surface area contributed by atoms with Gasteiger partial charge in [-0.05, 0) is 23.8 Å². The third kappa shape index (κ3) is 3.01. The van der Waals surface area contributed by atoms with Crippen LogP contribution in [-0.2, 0) is 13.0 Å². The van der Waals surface area contributed by atoms with Gasteiger partial charge in [0, 0.05) is 12.6 Å². The third-order valence-corrected chi connectivity index (χ3v) is 2.45. The predicted octanol–water partition coefficient (Wildman–Crippen LogP) is 1.57. The molecule has 0 spiro atoms. The largest absolute Gasteiger partial charge is 0.497 e. The van der Waals surface area contributed by atoms with E-state index < -0.39 is 0 Å². The summed E-state index contributed by atoms with van der Waals surface area (Å²) in [6, 6.07) is 9.48. The summed E-state index contributed by atoms with van der Waals surface area (Å²) in [7, 11) is 1.64. The molecule has 0 atom stereocenters. The molecule has 0 saturated carbocycles. The van der Waals surface area contributed by atoms with Crippen LogP contribution in [0.2, 0.25) is 0 Å². The molecule has 0 fully saturated rings. The van der Waals surface area contributed by atoms with Gasteiger partial charge in [-0.1, -0.05) is 12.1 Å². The predicted molar refractivity (Wildman–Crippen MR) is 63.8 cm³/mol. The maximum atomic E-state index is 8.99. The molecule has 0 bridgehead atoms. The molecule has 1 heterocycles. The molecule has 1 N–H and O–H groups in total. The van der Waals surface area contributed by atoms with Gasteiger partial charge in [0.1, 0.15) is 11.6 Å². The number of methoxy groups -OCH3 is 1. The Balaban J connectivity index is 2.13. The number of aliphatic hydroxyl groups is 1. The lowest BCUT2D eigenvalue weighted by Crippen LogP contribution is -1.99. The minimum atomic E-state index is -0.0574. The summed E-state index contributed by atoms with van der Waals surface area (Å²) in [6.07, 6.45) is 2.31. The molecule has 0 aliphatic rings. The van der Waals surface area contributed by atoms with Crippen LogP contribution < -0.4 is 4.74 Å². The second-order valence-corrected chi connectivity index (χ2v) is 3.65. The first-order valence-electron chi connectivity index (χ1n) is 5.36. The summed E-state index contributed by atoms with van der Waals surface area (Å²) in [4.78, 5) is 8.41.